The van der Waals surface area contributed by atoms with E-state index in [9.17, 15) is 33.6 Å². The summed E-state index contributed by atoms with van der Waals surface area (Å²) in [5, 5.41) is 16.9. The average Bonchev–Trinajstić information content (AvgIpc) is 4.32. The summed E-state index contributed by atoms with van der Waals surface area (Å²) in [5.41, 5.74) is 8.24. The number of aromatic nitrogens is 2. The number of nitrogen functional groups attached to an aromatic ring is 1. The van der Waals surface area contributed by atoms with Crippen LogP contribution in [0.1, 0.15) is 151 Å². The predicted molar refractivity (Wildman–Crippen MR) is 310 cm³/mol. The minimum Gasteiger partial charge on any atom is -0.375 e. The summed E-state index contributed by atoms with van der Waals surface area (Å²) < 4.78 is 0. The van der Waals surface area contributed by atoms with Crippen LogP contribution < -0.4 is 32.3 Å². The van der Waals surface area contributed by atoms with Gasteiger partial charge >= 0.3 is 0 Å². The van der Waals surface area contributed by atoms with E-state index in [0.717, 1.165) is 81.8 Å². The van der Waals surface area contributed by atoms with Crippen molar-refractivity contribution in [2.45, 2.75) is 175 Å². The molecule has 19 heteroatoms. The van der Waals surface area contributed by atoms with Gasteiger partial charge in [0.1, 0.15) is 45.6 Å². The van der Waals surface area contributed by atoms with Crippen LogP contribution in [0.25, 0.3) is 22.5 Å². The van der Waals surface area contributed by atoms with Crippen molar-refractivity contribution in [3.8, 4) is 22.5 Å². The quantitative estimate of drug-likeness (QED) is 0.0585. The third-order valence-corrected chi connectivity index (χ3v) is 17.6. The lowest BCUT2D eigenvalue weighted by atomic mass is 9.83. The van der Waals surface area contributed by atoms with Gasteiger partial charge in [-0.2, -0.15) is 0 Å². The Morgan fingerprint density at radius 2 is 0.987 bits per heavy atom. The van der Waals surface area contributed by atoms with Crippen molar-refractivity contribution in [3.05, 3.63) is 60.7 Å². The van der Waals surface area contributed by atoms with Crippen LogP contribution in [-0.4, -0.2) is 98.4 Å². The zero-order chi connectivity index (χ0) is 56.1. The lowest BCUT2D eigenvalue weighted by Crippen LogP contribution is -2.56. The summed E-state index contributed by atoms with van der Waals surface area (Å²) in [6.07, 6.45) is 14.1. The number of carbonyl (C=O) groups excluding carboxylic acids is 7. The van der Waals surface area contributed by atoms with Gasteiger partial charge in [-0.3, -0.25) is 33.6 Å². The lowest BCUT2D eigenvalue weighted by molar-refractivity contribution is -0.142. The summed E-state index contributed by atoms with van der Waals surface area (Å²) in [4.78, 5) is 106. The van der Waals surface area contributed by atoms with Gasteiger partial charge in [0, 0.05) is 41.5 Å². The number of hydrogen-bond donors (Lipinski definition) is 6. The van der Waals surface area contributed by atoms with Crippen LogP contribution in [0, 0.1) is 29.1 Å². The van der Waals surface area contributed by atoms with Gasteiger partial charge in [-0.25, -0.2) is 9.97 Å². The molecule has 2 saturated heterocycles. The monoisotopic (exact) mass is 1110 g/mol. The highest BCUT2D eigenvalue weighted by molar-refractivity contribution is 7.20. The molecule has 8 rings (SSSR count). The second-order valence-corrected chi connectivity index (χ2v) is 24.6. The first-order valence-electron chi connectivity index (χ1n) is 28.4. The molecule has 7 amide bonds. The molecule has 4 aliphatic rings. The van der Waals surface area contributed by atoms with Gasteiger partial charge in [-0.05, 0) is 76.0 Å². The maximum atomic E-state index is 14.0. The maximum absolute atomic E-state index is 14.0. The molecule has 0 spiro atoms. The van der Waals surface area contributed by atoms with E-state index in [-0.39, 0.29) is 65.0 Å². The first kappa shape index (κ1) is 59.5. The normalized spacial score (nSPS) is 19.6. The summed E-state index contributed by atoms with van der Waals surface area (Å²) in [6, 6.07) is 16.6. The molecule has 7 N–H and O–H groups in total. The van der Waals surface area contributed by atoms with Gasteiger partial charge in [0.15, 0.2) is 10.3 Å². The summed E-state index contributed by atoms with van der Waals surface area (Å²) in [6.45, 7) is 14.2. The fraction of sp³-hybridized carbons (Fsp3) is 0.576. The van der Waals surface area contributed by atoms with Crippen LogP contribution in [-0.2, 0) is 33.6 Å². The van der Waals surface area contributed by atoms with Crippen molar-refractivity contribution < 1.29 is 33.6 Å². The topological polar surface area (TPSA) is 238 Å². The molecule has 6 atom stereocenters. The number of hydrogen-bond acceptors (Lipinski definition) is 12. The highest BCUT2D eigenvalue weighted by atomic mass is 32.1. The Balaban J connectivity index is 0.000000229. The highest BCUT2D eigenvalue weighted by Gasteiger charge is 2.43. The number of amides is 7. The molecule has 78 heavy (non-hydrogen) atoms. The minimum atomic E-state index is -0.651. The standard InChI is InChI=1S/C32H45N5O4S.C27H37N5O3S/c1-6-20(2)26(38)33-25(22-16-11-8-12-17-22)29(40)37-19-13-18-23(37)27(39)35-28-24(21-14-9-7-10-15-21)34-31(42-28)36-30(41)32(3,4)5;1-3-17(2)23(33)29-22(19-13-8-5-9-14-19)26(35)32-16-10-15-20(32)24(34)31-25-21(30-27(28)36-25)18-11-6-4-7-12-18/h7,9-10,14-15,20,22-23,25H,6,8,11-13,16-19H2,1-5H3,(H,33,38)(H,35,39)(H,34,36,41);4,6-7,11-12,17,19-20,22H,3,5,8-10,13-16H2,1-2H3,(H2,28,30)(H,29,33)(H,31,34)/t20-,23+,25+;17-,20+,22+/m11/s1. The van der Waals surface area contributed by atoms with Gasteiger partial charge in [0.25, 0.3) is 0 Å². The maximum Gasteiger partial charge on any atom is 0.247 e. The van der Waals surface area contributed by atoms with Crippen LogP contribution in [0.4, 0.5) is 20.3 Å². The van der Waals surface area contributed by atoms with Crippen LogP contribution in [0.2, 0.25) is 0 Å². The van der Waals surface area contributed by atoms with E-state index in [1.807, 2.05) is 109 Å². The summed E-state index contributed by atoms with van der Waals surface area (Å²) >= 11 is 2.43. The summed E-state index contributed by atoms with van der Waals surface area (Å²) in [5.74, 6) is -1.36. The van der Waals surface area contributed by atoms with Crippen molar-refractivity contribution in [2.75, 3.05) is 34.8 Å². The number of thiazole rings is 2. The number of likely N-dealkylation sites (tertiary alicyclic amines) is 2. The largest absolute Gasteiger partial charge is 0.375 e. The number of anilines is 4. The Kier molecular flexibility index (Phi) is 21.0. The average molecular weight is 1110 g/mol. The van der Waals surface area contributed by atoms with E-state index in [0.29, 0.717) is 76.8 Å². The summed E-state index contributed by atoms with van der Waals surface area (Å²) in [7, 11) is 0. The van der Waals surface area contributed by atoms with Gasteiger partial charge in [-0.1, -0.05) is 170 Å². The van der Waals surface area contributed by atoms with Gasteiger partial charge in [0.05, 0.1) is 0 Å². The SMILES string of the molecule is CC[C@@H](C)C(=O)N[C@H](C(=O)N1CCC[C@H]1C(=O)Nc1sc(N)nc1-c1ccccc1)C1CCCCC1.CC[C@@H](C)C(=O)N[C@H](C(=O)N1CCC[C@H]1C(=O)Nc1sc(NC(=O)C(C)(C)C)nc1-c1ccccc1)C1CCCCC1. The highest BCUT2D eigenvalue weighted by Crippen LogP contribution is 2.39. The Labute approximate surface area is 468 Å². The van der Waals surface area contributed by atoms with Gasteiger partial charge in [-0.15, -0.1) is 0 Å². The number of benzene rings is 2. The zero-order valence-corrected chi connectivity index (χ0v) is 48.3. The fourth-order valence-corrected chi connectivity index (χ4v) is 12.4. The molecule has 17 nitrogen and oxygen atoms in total. The van der Waals surface area contributed by atoms with E-state index < -0.39 is 29.6 Å². The third kappa shape index (κ3) is 15.1. The van der Waals surface area contributed by atoms with Crippen LogP contribution in [0.3, 0.4) is 0 Å². The zero-order valence-electron chi connectivity index (χ0n) is 46.7. The van der Waals surface area contributed by atoms with E-state index >= 15 is 0 Å². The molecule has 0 bridgehead atoms. The Morgan fingerprint density at radius 3 is 1.40 bits per heavy atom. The minimum absolute atomic E-state index is 0.0729. The van der Waals surface area contributed by atoms with Crippen molar-refractivity contribution in [1.29, 1.82) is 0 Å². The van der Waals surface area contributed by atoms with E-state index in [1.165, 1.54) is 22.7 Å². The van der Waals surface area contributed by atoms with E-state index in [2.05, 4.69) is 36.6 Å². The Morgan fingerprint density at radius 1 is 0.577 bits per heavy atom. The van der Waals surface area contributed by atoms with Crippen molar-refractivity contribution in [2.24, 2.45) is 29.1 Å². The van der Waals surface area contributed by atoms with Crippen LogP contribution in [0.5, 0.6) is 0 Å². The van der Waals surface area contributed by atoms with Crippen LogP contribution >= 0.6 is 22.7 Å². The molecular weight excluding hydrogens is 1020 g/mol. The molecule has 0 unspecified atom stereocenters. The molecule has 4 fully saturated rings. The first-order valence-corrected chi connectivity index (χ1v) is 30.0. The smallest absolute Gasteiger partial charge is 0.247 e. The number of rotatable bonds is 17. The molecule has 4 aromatic rings. The molecule has 2 saturated carbocycles. The second kappa shape index (κ2) is 27.6. The number of nitrogens with one attached hydrogen (secondary N) is 5. The second-order valence-electron chi connectivity index (χ2n) is 22.6. The molecule has 422 valence electrons. The first-order chi connectivity index (χ1) is 37.4. The number of nitrogens with zero attached hydrogens (tertiary/aromatic N) is 4. The fourth-order valence-electron chi connectivity index (χ4n) is 10.8. The van der Waals surface area contributed by atoms with Crippen LogP contribution in [0.15, 0.2) is 60.7 Å². The number of carbonyl (C=O) groups is 7. The Hall–Kier alpha value is -6.21. The van der Waals surface area contributed by atoms with Gasteiger partial charge in [0.2, 0.25) is 41.4 Å². The van der Waals surface area contributed by atoms with Crippen molar-refractivity contribution >= 4 is 84.3 Å². The Bertz CT molecular complexity index is 2700. The molecular formula is C59H82N10O7S2. The number of nitrogens with two attached hydrogens (primary N) is 1. The molecule has 2 aromatic heterocycles. The van der Waals surface area contributed by atoms with Crippen molar-refractivity contribution in [1.82, 2.24) is 30.4 Å². The van der Waals surface area contributed by atoms with E-state index in [4.69, 9.17) is 5.73 Å². The molecule has 2 aromatic carbocycles. The predicted octanol–water partition coefficient (Wildman–Crippen LogP) is 10.3. The lowest BCUT2D eigenvalue weighted by Gasteiger charge is -2.35. The van der Waals surface area contributed by atoms with Crippen molar-refractivity contribution in [3.63, 3.8) is 0 Å². The molecule has 2 aliphatic carbocycles. The molecule has 2 aliphatic heterocycles. The molecule has 4 heterocycles. The molecule has 0 radical (unpaired) electrons. The van der Waals surface area contributed by atoms with Gasteiger partial charge < -0.3 is 42.1 Å². The van der Waals surface area contributed by atoms with E-state index in [1.54, 1.807) is 9.80 Å². The third-order valence-electron chi connectivity index (χ3n) is 15.9.